The molecule has 0 aromatic carbocycles. The average Bonchev–Trinajstić information content (AvgIpc) is 2.74. The highest BCUT2D eigenvalue weighted by Gasteiger charge is 2.10. The van der Waals surface area contributed by atoms with E-state index >= 15 is 0 Å². The molecule has 0 atom stereocenters. The first-order valence-electron chi connectivity index (χ1n) is 4.17. The van der Waals surface area contributed by atoms with E-state index in [0.29, 0.717) is 12.6 Å². The molecule has 2 rings (SSSR count). The minimum Gasteiger partial charge on any atom is -0.462 e. The number of methoxy groups -OCH3 is 1. The van der Waals surface area contributed by atoms with E-state index in [4.69, 9.17) is 14.9 Å². The molecule has 14 heavy (non-hydrogen) atoms. The van der Waals surface area contributed by atoms with Crippen LogP contribution in [0.4, 0.5) is 5.95 Å². The fourth-order valence-corrected chi connectivity index (χ4v) is 1.29. The summed E-state index contributed by atoms with van der Waals surface area (Å²) >= 11 is 0. The Balaban J connectivity index is 2.36. The van der Waals surface area contributed by atoms with E-state index in [1.807, 2.05) is 6.07 Å². The molecule has 5 heteroatoms. The molecule has 3 N–H and O–H groups in total. The van der Waals surface area contributed by atoms with Crippen LogP contribution in [0.3, 0.4) is 0 Å². The van der Waals surface area contributed by atoms with Crippen LogP contribution in [0.2, 0.25) is 0 Å². The second-order valence-corrected chi connectivity index (χ2v) is 2.89. The number of H-pyrrole nitrogens is 1. The van der Waals surface area contributed by atoms with Crippen molar-refractivity contribution in [1.82, 2.24) is 9.97 Å². The fourth-order valence-electron chi connectivity index (χ4n) is 1.29. The van der Waals surface area contributed by atoms with Gasteiger partial charge in [-0.25, -0.2) is 4.98 Å². The number of aromatic nitrogens is 2. The van der Waals surface area contributed by atoms with Gasteiger partial charge in [0.2, 0.25) is 0 Å². The Morgan fingerprint density at radius 3 is 3.14 bits per heavy atom. The first kappa shape index (κ1) is 8.83. The Labute approximate surface area is 80.9 Å². The number of imidazole rings is 1. The van der Waals surface area contributed by atoms with Gasteiger partial charge in [-0.3, -0.25) is 0 Å². The smallest absolute Gasteiger partial charge is 0.197 e. The standard InChI is InChI=1S/C9H11N3O2/c1-13-5-6-2-3-14-8(6)7-4-11-9(10)12-7/h2-4H,5H2,1H3,(H3,10,11,12). The van der Waals surface area contributed by atoms with Crippen molar-refractivity contribution in [3.8, 4) is 11.5 Å². The minimum absolute atomic E-state index is 0.375. The first-order valence-corrected chi connectivity index (χ1v) is 4.17. The largest absolute Gasteiger partial charge is 0.462 e. The van der Waals surface area contributed by atoms with Crippen LogP contribution < -0.4 is 5.73 Å². The van der Waals surface area contributed by atoms with Crippen molar-refractivity contribution in [2.45, 2.75) is 6.61 Å². The summed E-state index contributed by atoms with van der Waals surface area (Å²) in [4.78, 5) is 6.79. The van der Waals surface area contributed by atoms with E-state index < -0.39 is 0 Å². The van der Waals surface area contributed by atoms with Crippen LogP contribution in [0.1, 0.15) is 5.56 Å². The summed E-state index contributed by atoms with van der Waals surface area (Å²) in [5.41, 5.74) is 7.20. The van der Waals surface area contributed by atoms with Crippen LogP contribution >= 0.6 is 0 Å². The third-order valence-electron chi connectivity index (χ3n) is 1.89. The van der Waals surface area contributed by atoms with Gasteiger partial charge in [0.15, 0.2) is 11.7 Å². The van der Waals surface area contributed by atoms with Gasteiger partial charge < -0.3 is 19.9 Å². The van der Waals surface area contributed by atoms with Crippen molar-refractivity contribution < 1.29 is 9.15 Å². The van der Waals surface area contributed by atoms with Crippen molar-refractivity contribution in [3.05, 3.63) is 24.1 Å². The molecule has 0 aliphatic rings. The number of nitrogens with one attached hydrogen (secondary N) is 1. The molecular formula is C9H11N3O2. The molecule has 2 aromatic heterocycles. The SMILES string of the molecule is COCc1ccoc1-c1cnc(N)[nH]1. The zero-order chi connectivity index (χ0) is 9.97. The molecule has 0 aliphatic heterocycles. The zero-order valence-electron chi connectivity index (χ0n) is 7.78. The van der Waals surface area contributed by atoms with E-state index in [2.05, 4.69) is 9.97 Å². The predicted molar refractivity (Wildman–Crippen MR) is 51.4 cm³/mol. The summed E-state index contributed by atoms with van der Waals surface area (Å²) in [7, 11) is 1.64. The van der Waals surface area contributed by atoms with Crippen LogP contribution in [0.15, 0.2) is 22.9 Å². The topological polar surface area (TPSA) is 77.1 Å². The number of nitrogen functional groups attached to an aromatic ring is 1. The Morgan fingerprint density at radius 2 is 2.50 bits per heavy atom. The van der Waals surface area contributed by atoms with Crippen LogP contribution in [-0.2, 0) is 11.3 Å². The van der Waals surface area contributed by atoms with Gasteiger partial charge in [-0.2, -0.15) is 0 Å². The lowest BCUT2D eigenvalue weighted by atomic mass is 10.2. The van der Waals surface area contributed by atoms with Gasteiger partial charge in [0.25, 0.3) is 0 Å². The summed E-state index contributed by atoms with van der Waals surface area (Å²) in [5, 5.41) is 0. The maximum atomic E-state index is 5.47. The monoisotopic (exact) mass is 193 g/mol. The number of hydrogen-bond acceptors (Lipinski definition) is 4. The lowest BCUT2D eigenvalue weighted by Crippen LogP contribution is -1.89. The Bertz CT molecular complexity index is 419. The molecule has 5 nitrogen and oxygen atoms in total. The molecule has 0 fully saturated rings. The summed E-state index contributed by atoms with van der Waals surface area (Å²) in [5.74, 6) is 1.09. The maximum Gasteiger partial charge on any atom is 0.197 e. The molecular weight excluding hydrogens is 182 g/mol. The molecule has 0 unspecified atom stereocenters. The highest BCUT2D eigenvalue weighted by Crippen LogP contribution is 2.23. The number of anilines is 1. The zero-order valence-corrected chi connectivity index (χ0v) is 7.78. The number of furan rings is 1. The second-order valence-electron chi connectivity index (χ2n) is 2.89. The van der Waals surface area contributed by atoms with Gasteiger partial charge in [-0.15, -0.1) is 0 Å². The second kappa shape index (κ2) is 3.55. The van der Waals surface area contributed by atoms with Gasteiger partial charge in [0.1, 0.15) is 5.69 Å². The summed E-state index contributed by atoms with van der Waals surface area (Å²) in [6.45, 7) is 0.505. The van der Waals surface area contributed by atoms with Gasteiger partial charge >= 0.3 is 0 Å². The number of nitrogens with two attached hydrogens (primary N) is 1. The van der Waals surface area contributed by atoms with E-state index in [9.17, 15) is 0 Å². The normalized spacial score (nSPS) is 10.6. The van der Waals surface area contributed by atoms with E-state index in [-0.39, 0.29) is 0 Å². The minimum atomic E-state index is 0.375. The van der Waals surface area contributed by atoms with E-state index in [1.54, 1.807) is 19.6 Å². The molecule has 0 saturated heterocycles. The first-order chi connectivity index (χ1) is 6.81. The highest BCUT2D eigenvalue weighted by atomic mass is 16.5. The van der Waals surface area contributed by atoms with Crippen molar-refractivity contribution in [3.63, 3.8) is 0 Å². The Kier molecular flexibility index (Phi) is 2.24. The highest BCUT2D eigenvalue weighted by molar-refractivity contribution is 5.57. The number of rotatable bonds is 3. The molecule has 0 bridgehead atoms. The van der Waals surface area contributed by atoms with E-state index in [1.165, 1.54) is 0 Å². The van der Waals surface area contributed by atoms with Gasteiger partial charge in [-0.1, -0.05) is 0 Å². The number of hydrogen-bond donors (Lipinski definition) is 2. The Morgan fingerprint density at radius 1 is 1.64 bits per heavy atom. The lowest BCUT2D eigenvalue weighted by molar-refractivity contribution is 0.185. The molecule has 0 spiro atoms. The molecule has 0 saturated carbocycles. The third-order valence-corrected chi connectivity index (χ3v) is 1.89. The number of nitrogens with zero attached hydrogens (tertiary/aromatic N) is 1. The quantitative estimate of drug-likeness (QED) is 0.772. The average molecular weight is 193 g/mol. The molecule has 2 aromatic rings. The summed E-state index contributed by atoms with van der Waals surface area (Å²) < 4.78 is 10.3. The molecule has 0 aliphatic carbocycles. The van der Waals surface area contributed by atoms with Crippen LogP contribution in [0.25, 0.3) is 11.5 Å². The van der Waals surface area contributed by atoms with Crippen molar-refractivity contribution in [1.29, 1.82) is 0 Å². The van der Waals surface area contributed by atoms with E-state index in [0.717, 1.165) is 17.0 Å². The molecule has 74 valence electrons. The van der Waals surface area contributed by atoms with Crippen molar-refractivity contribution >= 4 is 5.95 Å². The van der Waals surface area contributed by atoms with Crippen molar-refractivity contribution in [2.24, 2.45) is 0 Å². The van der Waals surface area contributed by atoms with Crippen LogP contribution in [-0.4, -0.2) is 17.1 Å². The van der Waals surface area contributed by atoms with Gasteiger partial charge in [0, 0.05) is 12.7 Å². The summed E-state index contributed by atoms with van der Waals surface area (Å²) in [6.07, 6.45) is 3.24. The number of aromatic amines is 1. The number of ether oxygens (including phenoxy) is 1. The van der Waals surface area contributed by atoms with Crippen LogP contribution in [0, 0.1) is 0 Å². The van der Waals surface area contributed by atoms with Gasteiger partial charge in [-0.05, 0) is 6.07 Å². The fraction of sp³-hybridized carbons (Fsp3) is 0.222. The molecule has 2 heterocycles. The summed E-state index contributed by atoms with van der Waals surface area (Å²) in [6, 6.07) is 1.86. The molecule has 0 radical (unpaired) electrons. The van der Waals surface area contributed by atoms with Crippen molar-refractivity contribution in [2.75, 3.05) is 12.8 Å². The molecule has 0 amide bonds. The predicted octanol–water partition coefficient (Wildman–Crippen LogP) is 1.40. The third kappa shape index (κ3) is 1.49. The van der Waals surface area contributed by atoms with Crippen LogP contribution in [0.5, 0.6) is 0 Å². The lowest BCUT2D eigenvalue weighted by Gasteiger charge is -1.97. The maximum absolute atomic E-state index is 5.47. The Hall–Kier alpha value is -1.75. The van der Waals surface area contributed by atoms with Gasteiger partial charge in [0.05, 0.1) is 19.1 Å².